The first-order valence-corrected chi connectivity index (χ1v) is 13.1. The van der Waals surface area contributed by atoms with Crippen LogP contribution in [0.2, 0.25) is 0 Å². The maximum Gasteiger partial charge on any atom is 0.147 e. The Balaban J connectivity index is 1.20. The van der Waals surface area contributed by atoms with Crippen molar-refractivity contribution in [2.24, 2.45) is 0 Å². The molecule has 34 heavy (non-hydrogen) atoms. The van der Waals surface area contributed by atoms with Crippen molar-refractivity contribution in [3.63, 3.8) is 0 Å². The molecule has 1 saturated heterocycles. The van der Waals surface area contributed by atoms with Crippen LogP contribution in [0.4, 0.5) is 11.4 Å². The Bertz CT molecular complexity index is 1260. The number of para-hydroxylation sites is 1. The second-order valence-electron chi connectivity index (χ2n) is 9.33. The number of hydrogen-bond donors (Lipinski definition) is 1. The smallest absolute Gasteiger partial charge is 0.147 e. The fourth-order valence-corrected chi connectivity index (χ4v) is 6.51. The summed E-state index contributed by atoms with van der Waals surface area (Å²) in [5, 5.41) is 3.37. The lowest BCUT2D eigenvalue weighted by atomic mass is 9.93. The molecule has 174 valence electrons. The van der Waals surface area contributed by atoms with Crippen LogP contribution in [-0.2, 0) is 11.2 Å². The van der Waals surface area contributed by atoms with Crippen LogP contribution in [-0.4, -0.2) is 54.9 Å². The molecule has 2 atom stereocenters. The number of aromatic amines is 1. The molecule has 2 aromatic carbocycles. The second kappa shape index (κ2) is 9.28. The summed E-state index contributed by atoms with van der Waals surface area (Å²) in [6.07, 6.45) is 5.31. The standard InChI is InChI=1S/C28H30N4OS/c33-20-27(28-9-4-18-34-28)32-22(11-10-21-5-1-2-7-25(21)32)19-30-14-16-31(17-15-30)26-8-3-6-24-23(26)12-13-29-24/h1-9,12-13,18,20,22,27,29H,10-11,14-17,19H2. The summed E-state index contributed by atoms with van der Waals surface area (Å²) in [6.45, 7) is 5.12. The molecule has 1 N–H and O–H groups in total. The minimum atomic E-state index is -0.223. The van der Waals surface area contributed by atoms with Gasteiger partial charge in [0.1, 0.15) is 12.3 Å². The van der Waals surface area contributed by atoms with Gasteiger partial charge in [-0.15, -0.1) is 11.3 Å². The maximum absolute atomic E-state index is 12.4. The topological polar surface area (TPSA) is 42.6 Å². The Morgan fingerprint density at radius 1 is 0.971 bits per heavy atom. The number of aldehydes is 1. The van der Waals surface area contributed by atoms with E-state index in [9.17, 15) is 4.79 Å². The van der Waals surface area contributed by atoms with Gasteiger partial charge in [0.25, 0.3) is 0 Å². The van der Waals surface area contributed by atoms with Crippen molar-refractivity contribution in [3.05, 3.63) is 82.7 Å². The van der Waals surface area contributed by atoms with Crippen LogP contribution in [0.1, 0.15) is 22.9 Å². The number of fused-ring (bicyclic) bond motifs is 2. The van der Waals surface area contributed by atoms with Crippen LogP contribution in [0.5, 0.6) is 0 Å². The van der Waals surface area contributed by atoms with E-state index in [1.165, 1.54) is 27.8 Å². The molecule has 2 unspecified atom stereocenters. The molecule has 0 bridgehead atoms. The third-order valence-electron chi connectivity index (χ3n) is 7.43. The third-order valence-corrected chi connectivity index (χ3v) is 8.37. The summed E-state index contributed by atoms with van der Waals surface area (Å²) in [7, 11) is 0. The molecular weight excluding hydrogens is 440 g/mol. The van der Waals surface area contributed by atoms with Crippen molar-refractivity contribution in [3.8, 4) is 0 Å². The van der Waals surface area contributed by atoms with Crippen LogP contribution in [0, 0.1) is 0 Å². The lowest BCUT2D eigenvalue weighted by molar-refractivity contribution is -0.109. The van der Waals surface area contributed by atoms with E-state index >= 15 is 0 Å². The number of thiophene rings is 1. The number of carbonyl (C=O) groups is 1. The zero-order chi connectivity index (χ0) is 22.9. The Hall–Kier alpha value is -3.09. The van der Waals surface area contributed by atoms with Gasteiger partial charge >= 0.3 is 0 Å². The molecule has 4 aromatic rings. The highest BCUT2D eigenvalue weighted by Crippen LogP contribution is 2.38. The molecule has 2 aliphatic rings. The molecule has 0 spiro atoms. The number of carbonyl (C=O) groups excluding carboxylic acids is 1. The molecule has 2 aromatic heterocycles. The second-order valence-corrected chi connectivity index (χ2v) is 10.3. The summed E-state index contributed by atoms with van der Waals surface area (Å²) in [5.74, 6) is 0. The predicted molar refractivity (Wildman–Crippen MR) is 141 cm³/mol. The van der Waals surface area contributed by atoms with Crippen molar-refractivity contribution >= 4 is 39.9 Å². The molecule has 1 fully saturated rings. The minimum absolute atomic E-state index is 0.223. The third kappa shape index (κ3) is 3.91. The van der Waals surface area contributed by atoms with E-state index in [1.54, 1.807) is 11.3 Å². The average molecular weight is 471 g/mol. The van der Waals surface area contributed by atoms with E-state index in [0.29, 0.717) is 6.04 Å². The van der Waals surface area contributed by atoms with Crippen molar-refractivity contribution < 1.29 is 4.79 Å². The number of nitrogens with zero attached hydrogens (tertiary/aromatic N) is 3. The Morgan fingerprint density at radius 2 is 1.82 bits per heavy atom. The van der Waals surface area contributed by atoms with Crippen molar-refractivity contribution in [2.75, 3.05) is 42.5 Å². The average Bonchev–Trinajstić information content (AvgIpc) is 3.58. The fourth-order valence-electron chi connectivity index (χ4n) is 5.73. The van der Waals surface area contributed by atoms with Crippen LogP contribution in [0.25, 0.3) is 10.9 Å². The number of nitrogens with one attached hydrogen (secondary N) is 1. The number of anilines is 2. The van der Waals surface area contributed by atoms with Crippen molar-refractivity contribution in [2.45, 2.75) is 24.9 Å². The van der Waals surface area contributed by atoms with Gasteiger partial charge in [-0.1, -0.05) is 30.3 Å². The first-order chi connectivity index (χ1) is 16.8. The summed E-state index contributed by atoms with van der Waals surface area (Å²) in [6, 6.07) is 21.6. The molecule has 0 saturated carbocycles. The quantitative estimate of drug-likeness (QED) is 0.398. The van der Waals surface area contributed by atoms with Crippen LogP contribution in [0.15, 0.2) is 72.2 Å². The minimum Gasteiger partial charge on any atom is -0.368 e. The summed E-state index contributed by atoms with van der Waals surface area (Å²) >= 11 is 1.68. The molecule has 6 heteroatoms. The number of piperazine rings is 1. The van der Waals surface area contributed by atoms with Crippen LogP contribution in [0.3, 0.4) is 0 Å². The van der Waals surface area contributed by atoms with E-state index < -0.39 is 0 Å². The molecule has 5 nitrogen and oxygen atoms in total. The normalized spacial score (nSPS) is 19.8. The van der Waals surface area contributed by atoms with Gasteiger partial charge in [-0.05, 0) is 54.1 Å². The maximum atomic E-state index is 12.4. The summed E-state index contributed by atoms with van der Waals surface area (Å²) in [5.41, 5.74) is 5.10. The number of H-pyrrole nitrogens is 1. The highest BCUT2D eigenvalue weighted by atomic mass is 32.1. The summed E-state index contributed by atoms with van der Waals surface area (Å²) in [4.78, 5) is 24.4. The van der Waals surface area contributed by atoms with Gasteiger partial charge in [-0.25, -0.2) is 0 Å². The van der Waals surface area contributed by atoms with Gasteiger partial charge < -0.3 is 19.6 Å². The highest BCUT2D eigenvalue weighted by molar-refractivity contribution is 7.10. The van der Waals surface area contributed by atoms with E-state index in [0.717, 1.165) is 56.7 Å². The molecule has 0 radical (unpaired) electrons. The molecule has 6 rings (SSSR count). The lowest BCUT2D eigenvalue weighted by Gasteiger charge is -2.45. The first kappa shape index (κ1) is 21.4. The largest absolute Gasteiger partial charge is 0.368 e. The number of benzene rings is 2. The highest BCUT2D eigenvalue weighted by Gasteiger charge is 2.34. The number of aryl methyl sites for hydroxylation is 1. The van der Waals surface area contributed by atoms with Gasteiger partial charge in [0.15, 0.2) is 0 Å². The molecule has 4 heterocycles. The molecule has 0 amide bonds. The monoisotopic (exact) mass is 470 g/mol. The number of rotatable bonds is 6. The number of aromatic nitrogens is 1. The van der Waals surface area contributed by atoms with Gasteiger partial charge in [0.2, 0.25) is 0 Å². The first-order valence-electron chi connectivity index (χ1n) is 12.2. The Labute approximate surface area is 204 Å². The molecule has 0 aliphatic carbocycles. The van der Waals surface area contributed by atoms with E-state index in [4.69, 9.17) is 0 Å². The van der Waals surface area contributed by atoms with E-state index in [2.05, 4.69) is 79.7 Å². The number of hydrogen-bond acceptors (Lipinski definition) is 5. The zero-order valence-corrected chi connectivity index (χ0v) is 20.1. The van der Waals surface area contributed by atoms with Gasteiger partial charge in [0.05, 0.1) is 0 Å². The summed E-state index contributed by atoms with van der Waals surface area (Å²) < 4.78 is 0. The van der Waals surface area contributed by atoms with Gasteiger partial charge in [-0.2, -0.15) is 0 Å². The van der Waals surface area contributed by atoms with Crippen molar-refractivity contribution in [1.29, 1.82) is 0 Å². The Kier molecular flexibility index (Phi) is 5.85. The van der Waals surface area contributed by atoms with Gasteiger partial charge in [-0.3, -0.25) is 4.90 Å². The predicted octanol–water partition coefficient (Wildman–Crippen LogP) is 5.11. The van der Waals surface area contributed by atoms with E-state index in [-0.39, 0.29) is 6.04 Å². The van der Waals surface area contributed by atoms with Crippen molar-refractivity contribution in [1.82, 2.24) is 9.88 Å². The SMILES string of the molecule is O=CC(c1cccs1)N1c2ccccc2CCC1CN1CCN(c2cccc3[nH]ccc23)CC1. The van der Waals surface area contributed by atoms with E-state index in [1.807, 2.05) is 12.3 Å². The molecule has 2 aliphatic heterocycles. The Morgan fingerprint density at radius 3 is 2.65 bits per heavy atom. The van der Waals surface area contributed by atoms with Crippen LogP contribution < -0.4 is 9.80 Å². The van der Waals surface area contributed by atoms with Crippen LogP contribution >= 0.6 is 11.3 Å². The van der Waals surface area contributed by atoms with Gasteiger partial charge in [0, 0.05) is 72.1 Å². The fraction of sp³-hybridized carbons (Fsp3) is 0.321. The molecular formula is C28H30N4OS. The zero-order valence-electron chi connectivity index (χ0n) is 19.3. The lowest BCUT2D eigenvalue weighted by Crippen LogP contribution is -2.53.